The number of nitrogens with zero attached hydrogens (tertiary/aromatic N) is 3. The summed E-state index contributed by atoms with van der Waals surface area (Å²) >= 11 is 1.16. The van der Waals surface area contributed by atoms with Gasteiger partial charge in [-0.2, -0.15) is 0 Å². The van der Waals surface area contributed by atoms with Crippen LogP contribution in [-0.2, 0) is 33.1 Å². The maximum Gasteiger partial charge on any atom is 0.238 e. The summed E-state index contributed by atoms with van der Waals surface area (Å²) < 4.78 is 24.3. The first-order valence-corrected chi connectivity index (χ1v) is 9.92. The summed E-state index contributed by atoms with van der Waals surface area (Å²) in [6, 6.07) is 5.66. The summed E-state index contributed by atoms with van der Waals surface area (Å²) in [6.45, 7) is 0. The molecule has 140 valence electrons. The predicted molar refractivity (Wildman–Crippen MR) is 95.7 cm³/mol. The maximum absolute atomic E-state index is 12.0. The van der Waals surface area contributed by atoms with E-state index in [1.54, 1.807) is 17.7 Å². The first kappa shape index (κ1) is 19.9. The van der Waals surface area contributed by atoms with Crippen LogP contribution < -0.4 is 16.2 Å². The molecule has 0 radical (unpaired) electrons. The molecule has 0 bridgehead atoms. The van der Waals surface area contributed by atoms with E-state index in [0.29, 0.717) is 23.1 Å². The Morgan fingerprint density at radius 1 is 1.31 bits per heavy atom. The number of hydrogen-bond acceptors (Lipinski definition) is 7. The number of benzene rings is 1. The molecular formula is C14H18N6O4S2. The molecule has 0 aliphatic carbocycles. The van der Waals surface area contributed by atoms with Gasteiger partial charge in [0.2, 0.25) is 21.8 Å². The second-order valence-corrected chi connectivity index (χ2v) is 7.84. The highest BCUT2D eigenvalue weighted by atomic mass is 32.2. The standard InChI is InChI=1S/C14H18N6O4S2/c1-20-12(6-5-11(15)21)18-19-14(20)25-8-13(22)17-9-3-2-4-10(7-9)26(16,23)24/h2-4,7H,5-6,8H2,1H3,(H2,15,21)(H,17,22)(H2,16,23,24). The van der Waals surface area contributed by atoms with Gasteiger partial charge < -0.3 is 15.6 Å². The van der Waals surface area contributed by atoms with E-state index in [2.05, 4.69) is 15.5 Å². The minimum Gasteiger partial charge on any atom is -0.370 e. The number of carbonyl (C=O) groups excluding carboxylic acids is 2. The number of thioether (sulfide) groups is 1. The molecule has 0 aliphatic rings. The van der Waals surface area contributed by atoms with E-state index in [0.717, 1.165) is 11.8 Å². The van der Waals surface area contributed by atoms with Crippen molar-refractivity contribution >= 4 is 39.3 Å². The van der Waals surface area contributed by atoms with Crippen molar-refractivity contribution in [3.8, 4) is 0 Å². The minimum absolute atomic E-state index is 0.0431. The zero-order valence-corrected chi connectivity index (χ0v) is 15.5. The predicted octanol–water partition coefficient (Wildman–Crippen LogP) is -0.389. The van der Waals surface area contributed by atoms with E-state index in [-0.39, 0.29) is 23.0 Å². The molecule has 2 rings (SSSR count). The van der Waals surface area contributed by atoms with Gasteiger partial charge in [-0.3, -0.25) is 9.59 Å². The fourth-order valence-electron chi connectivity index (χ4n) is 2.00. The lowest BCUT2D eigenvalue weighted by Crippen LogP contribution is -2.16. The summed E-state index contributed by atoms with van der Waals surface area (Å²) in [5, 5.41) is 16.1. The number of carbonyl (C=O) groups is 2. The number of sulfonamides is 1. The molecule has 0 unspecified atom stereocenters. The maximum atomic E-state index is 12.0. The highest BCUT2D eigenvalue weighted by Gasteiger charge is 2.13. The third kappa shape index (κ3) is 5.54. The van der Waals surface area contributed by atoms with Crippen molar-refractivity contribution in [1.82, 2.24) is 14.8 Å². The number of hydrogen-bond donors (Lipinski definition) is 3. The Morgan fingerprint density at radius 3 is 2.69 bits per heavy atom. The van der Waals surface area contributed by atoms with Crippen molar-refractivity contribution in [3.63, 3.8) is 0 Å². The molecule has 1 aromatic heterocycles. The molecule has 1 aromatic carbocycles. The van der Waals surface area contributed by atoms with E-state index in [4.69, 9.17) is 10.9 Å². The van der Waals surface area contributed by atoms with Crippen LogP contribution >= 0.6 is 11.8 Å². The number of nitrogens with two attached hydrogens (primary N) is 2. The Bertz CT molecular complexity index is 925. The molecule has 10 nitrogen and oxygen atoms in total. The Kier molecular flexibility index (Phi) is 6.34. The number of primary amides is 1. The average molecular weight is 398 g/mol. The molecule has 0 spiro atoms. The van der Waals surface area contributed by atoms with Crippen molar-refractivity contribution in [2.45, 2.75) is 22.9 Å². The summed E-state index contributed by atoms with van der Waals surface area (Å²) in [7, 11) is -2.11. The van der Waals surface area contributed by atoms with E-state index in [9.17, 15) is 18.0 Å². The fourth-order valence-corrected chi connectivity index (χ4v) is 3.29. The zero-order valence-electron chi connectivity index (χ0n) is 13.9. The molecule has 0 atom stereocenters. The zero-order chi connectivity index (χ0) is 19.3. The van der Waals surface area contributed by atoms with Crippen LogP contribution in [0.3, 0.4) is 0 Å². The number of rotatable bonds is 8. The van der Waals surface area contributed by atoms with Crippen molar-refractivity contribution in [2.75, 3.05) is 11.1 Å². The molecule has 12 heteroatoms. The van der Waals surface area contributed by atoms with Gasteiger partial charge in [0.25, 0.3) is 0 Å². The van der Waals surface area contributed by atoms with Gasteiger partial charge in [-0.25, -0.2) is 13.6 Å². The monoisotopic (exact) mass is 398 g/mol. The molecule has 0 aliphatic heterocycles. The Morgan fingerprint density at radius 2 is 2.04 bits per heavy atom. The number of aryl methyl sites for hydroxylation is 1. The largest absolute Gasteiger partial charge is 0.370 e. The quantitative estimate of drug-likeness (QED) is 0.510. The van der Waals surface area contributed by atoms with Gasteiger partial charge in [-0.1, -0.05) is 17.8 Å². The van der Waals surface area contributed by atoms with Crippen LogP contribution in [0.4, 0.5) is 5.69 Å². The lowest BCUT2D eigenvalue weighted by atomic mass is 10.3. The molecule has 0 fully saturated rings. The van der Waals surface area contributed by atoms with Crippen LogP contribution in [0.15, 0.2) is 34.3 Å². The molecule has 2 aromatic rings. The highest BCUT2D eigenvalue weighted by molar-refractivity contribution is 7.99. The molecular weight excluding hydrogens is 380 g/mol. The van der Waals surface area contributed by atoms with Gasteiger partial charge in [0, 0.05) is 25.6 Å². The molecule has 26 heavy (non-hydrogen) atoms. The molecule has 5 N–H and O–H groups in total. The number of amides is 2. The third-order valence-corrected chi connectivity index (χ3v) is 5.23. The van der Waals surface area contributed by atoms with Crippen molar-refractivity contribution < 1.29 is 18.0 Å². The van der Waals surface area contributed by atoms with Gasteiger partial charge in [-0.15, -0.1) is 10.2 Å². The van der Waals surface area contributed by atoms with Gasteiger partial charge in [0.15, 0.2) is 5.16 Å². The van der Waals surface area contributed by atoms with Gasteiger partial charge in [-0.05, 0) is 18.2 Å². The second-order valence-electron chi connectivity index (χ2n) is 5.33. The summed E-state index contributed by atoms with van der Waals surface area (Å²) in [4.78, 5) is 22.8. The third-order valence-electron chi connectivity index (χ3n) is 3.30. The molecule has 2 amide bonds. The number of aromatic nitrogens is 3. The normalized spacial score (nSPS) is 11.3. The summed E-state index contributed by atoms with van der Waals surface area (Å²) in [5.74, 6) is -0.138. The van der Waals surface area contributed by atoms with Gasteiger partial charge in [0.05, 0.1) is 10.6 Å². The van der Waals surface area contributed by atoms with Crippen molar-refractivity contribution in [3.05, 3.63) is 30.1 Å². The van der Waals surface area contributed by atoms with E-state index in [1.165, 1.54) is 18.2 Å². The van der Waals surface area contributed by atoms with Crippen LogP contribution in [0.25, 0.3) is 0 Å². The van der Waals surface area contributed by atoms with Gasteiger partial charge >= 0.3 is 0 Å². The average Bonchev–Trinajstić information content (AvgIpc) is 2.90. The molecule has 0 saturated heterocycles. The molecule has 1 heterocycles. The van der Waals surface area contributed by atoms with Crippen LogP contribution in [0.1, 0.15) is 12.2 Å². The Balaban J connectivity index is 1.94. The lowest BCUT2D eigenvalue weighted by Gasteiger charge is -2.07. The van der Waals surface area contributed by atoms with E-state index < -0.39 is 15.9 Å². The van der Waals surface area contributed by atoms with Crippen molar-refractivity contribution in [2.24, 2.45) is 17.9 Å². The van der Waals surface area contributed by atoms with E-state index in [1.807, 2.05) is 0 Å². The van der Waals surface area contributed by atoms with E-state index >= 15 is 0 Å². The SMILES string of the molecule is Cn1c(CCC(N)=O)nnc1SCC(=O)Nc1cccc(S(N)(=O)=O)c1. The summed E-state index contributed by atoms with van der Waals surface area (Å²) in [6.07, 6.45) is 0.531. The lowest BCUT2D eigenvalue weighted by molar-refractivity contribution is -0.118. The smallest absolute Gasteiger partial charge is 0.238 e. The van der Waals surface area contributed by atoms with Crippen LogP contribution in [0.5, 0.6) is 0 Å². The van der Waals surface area contributed by atoms with Crippen LogP contribution in [0.2, 0.25) is 0 Å². The van der Waals surface area contributed by atoms with Crippen LogP contribution in [0, 0.1) is 0 Å². The number of primary sulfonamides is 1. The van der Waals surface area contributed by atoms with Gasteiger partial charge in [0.1, 0.15) is 5.82 Å². The second kappa shape index (κ2) is 8.29. The summed E-state index contributed by atoms with van der Waals surface area (Å²) in [5.41, 5.74) is 5.43. The minimum atomic E-state index is -3.84. The Hall–Kier alpha value is -2.44. The van der Waals surface area contributed by atoms with Crippen LogP contribution in [-0.4, -0.2) is 40.7 Å². The topological polar surface area (TPSA) is 163 Å². The number of anilines is 1. The fraction of sp³-hybridized carbons (Fsp3) is 0.286. The Labute approximate surface area is 154 Å². The number of nitrogens with one attached hydrogen (secondary N) is 1. The molecule has 0 saturated carbocycles. The first-order valence-electron chi connectivity index (χ1n) is 7.39. The highest BCUT2D eigenvalue weighted by Crippen LogP contribution is 2.18. The van der Waals surface area contributed by atoms with Crippen molar-refractivity contribution in [1.29, 1.82) is 0 Å². The first-order chi connectivity index (χ1) is 12.2.